The van der Waals surface area contributed by atoms with Crippen LogP contribution < -0.4 is 0 Å². The van der Waals surface area contributed by atoms with Crippen LogP contribution in [0.3, 0.4) is 0 Å². The number of halogens is 1. The zero-order valence-corrected chi connectivity index (χ0v) is 9.82. The minimum Gasteiger partial charge on any atom is -0.301 e. The first-order valence-corrected chi connectivity index (χ1v) is 5.97. The molecule has 1 fully saturated rings. The van der Waals surface area contributed by atoms with Crippen molar-refractivity contribution in [3.63, 3.8) is 0 Å². The first-order valence-electron chi connectivity index (χ1n) is 5.97. The third kappa shape index (κ3) is 3.03. The lowest BCUT2D eigenvalue weighted by Crippen LogP contribution is -2.45. The van der Waals surface area contributed by atoms with Crippen molar-refractivity contribution < 1.29 is 4.39 Å². The van der Waals surface area contributed by atoms with Crippen molar-refractivity contribution >= 4 is 0 Å². The standard InChI is InChI=1S/C13H19FN2/c1-2-15-6-8-16(9-7-15)11-12-4-3-5-13(14)10-12/h3-5,10H,2,6-9,11H2,1H3. The fourth-order valence-electron chi connectivity index (χ4n) is 2.16. The van der Waals surface area contributed by atoms with Crippen molar-refractivity contribution in [1.29, 1.82) is 0 Å². The van der Waals surface area contributed by atoms with Crippen LogP contribution in [0.25, 0.3) is 0 Å². The van der Waals surface area contributed by atoms with Gasteiger partial charge in [-0.3, -0.25) is 4.90 Å². The third-order valence-electron chi connectivity index (χ3n) is 3.21. The van der Waals surface area contributed by atoms with Crippen LogP contribution >= 0.6 is 0 Å². The van der Waals surface area contributed by atoms with Crippen molar-refractivity contribution in [2.75, 3.05) is 32.7 Å². The average Bonchev–Trinajstić information content (AvgIpc) is 2.30. The summed E-state index contributed by atoms with van der Waals surface area (Å²) in [6.07, 6.45) is 0. The van der Waals surface area contributed by atoms with E-state index in [1.54, 1.807) is 12.1 Å². The van der Waals surface area contributed by atoms with E-state index >= 15 is 0 Å². The Labute approximate surface area is 96.7 Å². The maximum absolute atomic E-state index is 13.0. The Balaban J connectivity index is 1.87. The molecular weight excluding hydrogens is 203 g/mol. The van der Waals surface area contributed by atoms with Gasteiger partial charge in [0.1, 0.15) is 5.82 Å². The van der Waals surface area contributed by atoms with E-state index in [1.807, 2.05) is 6.07 Å². The van der Waals surface area contributed by atoms with Gasteiger partial charge in [0.15, 0.2) is 0 Å². The van der Waals surface area contributed by atoms with Gasteiger partial charge in [0.05, 0.1) is 0 Å². The second kappa shape index (κ2) is 5.41. The molecule has 1 aliphatic heterocycles. The molecule has 0 spiro atoms. The maximum atomic E-state index is 13.0. The maximum Gasteiger partial charge on any atom is 0.123 e. The molecule has 0 aliphatic carbocycles. The number of hydrogen-bond donors (Lipinski definition) is 0. The topological polar surface area (TPSA) is 6.48 Å². The van der Waals surface area contributed by atoms with Crippen molar-refractivity contribution in [3.05, 3.63) is 35.6 Å². The summed E-state index contributed by atoms with van der Waals surface area (Å²) in [5, 5.41) is 0. The minimum atomic E-state index is -0.135. The van der Waals surface area contributed by atoms with Gasteiger partial charge in [-0.1, -0.05) is 19.1 Å². The lowest BCUT2D eigenvalue weighted by Gasteiger charge is -2.34. The molecule has 0 bridgehead atoms. The highest BCUT2D eigenvalue weighted by Gasteiger charge is 2.15. The van der Waals surface area contributed by atoms with Crippen LogP contribution in [-0.2, 0) is 6.54 Å². The van der Waals surface area contributed by atoms with Crippen LogP contribution in [0.1, 0.15) is 12.5 Å². The Morgan fingerprint density at radius 3 is 2.44 bits per heavy atom. The highest BCUT2D eigenvalue weighted by molar-refractivity contribution is 5.16. The molecule has 0 atom stereocenters. The van der Waals surface area contributed by atoms with E-state index in [0.29, 0.717) is 0 Å². The molecule has 16 heavy (non-hydrogen) atoms. The van der Waals surface area contributed by atoms with E-state index in [9.17, 15) is 4.39 Å². The largest absolute Gasteiger partial charge is 0.301 e. The summed E-state index contributed by atoms with van der Waals surface area (Å²) in [5.41, 5.74) is 1.07. The SMILES string of the molecule is CCN1CCN(Cc2cccc(F)c2)CC1. The Morgan fingerprint density at radius 1 is 1.12 bits per heavy atom. The number of benzene rings is 1. The number of rotatable bonds is 3. The molecule has 3 heteroatoms. The first-order chi connectivity index (χ1) is 7.78. The van der Waals surface area contributed by atoms with Gasteiger partial charge in [-0.05, 0) is 24.2 Å². The third-order valence-corrected chi connectivity index (χ3v) is 3.21. The second-order valence-electron chi connectivity index (χ2n) is 4.34. The number of likely N-dealkylation sites (N-methyl/N-ethyl adjacent to an activating group) is 1. The lowest BCUT2D eigenvalue weighted by molar-refractivity contribution is 0.132. The number of piperazine rings is 1. The molecule has 0 N–H and O–H groups in total. The van der Waals surface area contributed by atoms with Crippen molar-refractivity contribution in [2.45, 2.75) is 13.5 Å². The van der Waals surface area contributed by atoms with Crippen molar-refractivity contribution in [2.24, 2.45) is 0 Å². The zero-order valence-electron chi connectivity index (χ0n) is 9.82. The van der Waals surface area contributed by atoms with E-state index in [-0.39, 0.29) is 5.82 Å². The molecule has 0 amide bonds. The van der Waals surface area contributed by atoms with Crippen molar-refractivity contribution in [3.8, 4) is 0 Å². The molecule has 1 aromatic rings. The lowest BCUT2D eigenvalue weighted by atomic mass is 10.2. The molecule has 0 radical (unpaired) electrons. The normalized spacial score (nSPS) is 18.9. The summed E-state index contributed by atoms with van der Waals surface area (Å²) in [4.78, 5) is 4.84. The summed E-state index contributed by atoms with van der Waals surface area (Å²) in [6, 6.07) is 6.91. The smallest absolute Gasteiger partial charge is 0.123 e. The predicted molar refractivity (Wildman–Crippen MR) is 63.8 cm³/mol. The molecule has 0 unspecified atom stereocenters. The highest BCUT2D eigenvalue weighted by atomic mass is 19.1. The molecule has 1 saturated heterocycles. The molecule has 2 nitrogen and oxygen atoms in total. The second-order valence-corrected chi connectivity index (χ2v) is 4.34. The van der Waals surface area contributed by atoms with E-state index < -0.39 is 0 Å². The van der Waals surface area contributed by atoms with Gasteiger partial charge in [0.2, 0.25) is 0 Å². The van der Waals surface area contributed by atoms with Crippen LogP contribution in [0.2, 0.25) is 0 Å². The van der Waals surface area contributed by atoms with Gasteiger partial charge in [0, 0.05) is 32.7 Å². The molecule has 88 valence electrons. The molecule has 0 aromatic heterocycles. The van der Waals surface area contributed by atoms with E-state index in [0.717, 1.165) is 44.8 Å². The summed E-state index contributed by atoms with van der Waals surface area (Å²) in [6.45, 7) is 8.64. The van der Waals surface area contributed by atoms with Gasteiger partial charge in [-0.2, -0.15) is 0 Å². The molecule has 0 saturated carbocycles. The fraction of sp³-hybridized carbons (Fsp3) is 0.538. The van der Waals surface area contributed by atoms with Crippen LogP contribution in [0, 0.1) is 5.82 Å². The van der Waals surface area contributed by atoms with Crippen molar-refractivity contribution in [1.82, 2.24) is 9.80 Å². The molecule has 1 aliphatic rings. The average molecular weight is 222 g/mol. The van der Waals surface area contributed by atoms with Crippen LogP contribution in [-0.4, -0.2) is 42.5 Å². The van der Waals surface area contributed by atoms with Gasteiger partial charge in [-0.25, -0.2) is 4.39 Å². The van der Waals surface area contributed by atoms with Crippen LogP contribution in [0.15, 0.2) is 24.3 Å². The molecule has 1 heterocycles. The first kappa shape index (κ1) is 11.6. The predicted octanol–water partition coefficient (Wildman–Crippen LogP) is 1.96. The Hall–Kier alpha value is -0.930. The van der Waals surface area contributed by atoms with E-state index in [2.05, 4.69) is 16.7 Å². The van der Waals surface area contributed by atoms with Gasteiger partial charge in [-0.15, -0.1) is 0 Å². The molecule has 2 rings (SSSR count). The van der Waals surface area contributed by atoms with E-state index in [4.69, 9.17) is 0 Å². The monoisotopic (exact) mass is 222 g/mol. The summed E-state index contributed by atoms with van der Waals surface area (Å²) >= 11 is 0. The Kier molecular flexibility index (Phi) is 3.91. The number of hydrogen-bond acceptors (Lipinski definition) is 2. The number of nitrogens with zero attached hydrogens (tertiary/aromatic N) is 2. The Morgan fingerprint density at radius 2 is 1.81 bits per heavy atom. The van der Waals surface area contributed by atoms with Crippen LogP contribution in [0.5, 0.6) is 0 Å². The summed E-state index contributed by atoms with van der Waals surface area (Å²) in [7, 11) is 0. The highest BCUT2D eigenvalue weighted by Crippen LogP contribution is 2.09. The minimum absolute atomic E-state index is 0.135. The Bertz CT molecular complexity index is 332. The zero-order chi connectivity index (χ0) is 11.4. The van der Waals surface area contributed by atoms with Gasteiger partial charge < -0.3 is 4.90 Å². The molecular formula is C13H19FN2. The van der Waals surface area contributed by atoms with Crippen LogP contribution in [0.4, 0.5) is 4.39 Å². The molecule has 1 aromatic carbocycles. The summed E-state index contributed by atoms with van der Waals surface area (Å²) < 4.78 is 13.0. The fourth-order valence-corrected chi connectivity index (χ4v) is 2.16. The quantitative estimate of drug-likeness (QED) is 0.771. The summed E-state index contributed by atoms with van der Waals surface area (Å²) in [5.74, 6) is -0.135. The van der Waals surface area contributed by atoms with Gasteiger partial charge in [0.25, 0.3) is 0 Å². The van der Waals surface area contributed by atoms with E-state index in [1.165, 1.54) is 6.07 Å². The van der Waals surface area contributed by atoms with Gasteiger partial charge >= 0.3 is 0 Å².